The third-order valence-electron chi connectivity index (χ3n) is 2.79. The predicted molar refractivity (Wildman–Crippen MR) is 83.2 cm³/mol. The van der Waals surface area contributed by atoms with Crippen LogP contribution in [0.5, 0.6) is 0 Å². The molecule has 0 atom stereocenters. The van der Waals surface area contributed by atoms with Gasteiger partial charge in [-0.2, -0.15) is 13.2 Å². The summed E-state index contributed by atoms with van der Waals surface area (Å²) in [6.45, 7) is 0. The third kappa shape index (κ3) is 4.56. The van der Waals surface area contributed by atoms with E-state index in [4.69, 9.17) is 0 Å². The molecular formula is C15H10BrF3N2O2. The molecule has 0 heterocycles. The lowest BCUT2D eigenvalue weighted by molar-refractivity contribution is -0.167. The van der Waals surface area contributed by atoms with E-state index in [-0.39, 0.29) is 11.4 Å². The fourth-order valence-electron chi connectivity index (χ4n) is 1.69. The zero-order valence-corrected chi connectivity index (χ0v) is 13.0. The topological polar surface area (TPSA) is 58.2 Å². The summed E-state index contributed by atoms with van der Waals surface area (Å²) in [6.07, 6.45) is -5.01. The van der Waals surface area contributed by atoms with Crippen molar-refractivity contribution < 1.29 is 22.8 Å². The van der Waals surface area contributed by atoms with Crippen LogP contribution >= 0.6 is 15.9 Å². The van der Waals surface area contributed by atoms with E-state index in [9.17, 15) is 22.8 Å². The van der Waals surface area contributed by atoms with E-state index in [0.717, 1.165) is 4.47 Å². The molecule has 8 heteroatoms. The SMILES string of the molecule is O=C(Nc1ccccc1NC(=O)C(F)(F)F)c1ccc(Br)cc1. The Labute approximate surface area is 137 Å². The molecule has 0 aromatic heterocycles. The molecule has 0 unspecified atom stereocenters. The van der Waals surface area contributed by atoms with E-state index >= 15 is 0 Å². The number of para-hydroxylation sites is 2. The second-order valence-electron chi connectivity index (χ2n) is 4.46. The van der Waals surface area contributed by atoms with Crippen LogP contribution in [0.1, 0.15) is 10.4 Å². The summed E-state index contributed by atoms with van der Waals surface area (Å²) in [7, 11) is 0. The van der Waals surface area contributed by atoms with Gasteiger partial charge in [-0.3, -0.25) is 9.59 Å². The van der Waals surface area contributed by atoms with Gasteiger partial charge in [-0.05, 0) is 36.4 Å². The van der Waals surface area contributed by atoms with E-state index in [1.54, 1.807) is 29.6 Å². The van der Waals surface area contributed by atoms with E-state index < -0.39 is 18.0 Å². The standard InChI is InChI=1S/C15H10BrF3N2O2/c16-10-7-5-9(6-8-10)13(22)20-11-3-1-2-4-12(11)21-14(23)15(17,18)19/h1-8H,(H,20,22)(H,21,23). The van der Waals surface area contributed by atoms with E-state index in [1.165, 1.54) is 24.3 Å². The first-order chi connectivity index (χ1) is 10.8. The molecule has 0 saturated heterocycles. The summed E-state index contributed by atoms with van der Waals surface area (Å²) in [5.74, 6) is -2.62. The van der Waals surface area contributed by atoms with Crippen molar-refractivity contribution in [3.05, 3.63) is 58.6 Å². The Morgan fingerprint density at radius 2 is 1.39 bits per heavy atom. The van der Waals surface area contributed by atoms with Crippen LogP contribution in [0.4, 0.5) is 24.5 Å². The molecule has 120 valence electrons. The number of carbonyl (C=O) groups excluding carboxylic acids is 2. The molecule has 2 amide bonds. The lowest BCUT2D eigenvalue weighted by Gasteiger charge is -2.13. The maximum Gasteiger partial charge on any atom is 0.471 e. The van der Waals surface area contributed by atoms with Gasteiger partial charge in [-0.15, -0.1) is 0 Å². The number of carbonyl (C=O) groups is 2. The minimum Gasteiger partial charge on any atom is -0.320 e. The zero-order valence-electron chi connectivity index (χ0n) is 11.4. The molecule has 23 heavy (non-hydrogen) atoms. The van der Waals surface area contributed by atoms with Crippen LogP contribution in [0.25, 0.3) is 0 Å². The van der Waals surface area contributed by atoms with Crippen molar-refractivity contribution in [2.75, 3.05) is 10.6 Å². The van der Waals surface area contributed by atoms with Crippen LogP contribution in [-0.4, -0.2) is 18.0 Å². The van der Waals surface area contributed by atoms with E-state index in [2.05, 4.69) is 21.2 Å². The van der Waals surface area contributed by atoms with Crippen LogP contribution < -0.4 is 10.6 Å². The predicted octanol–water partition coefficient (Wildman–Crippen LogP) is 4.20. The van der Waals surface area contributed by atoms with Crippen LogP contribution in [0.15, 0.2) is 53.0 Å². The Morgan fingerprint density at radius 3 is 1.91 bits per heavy atom. The smallest absolute Gasteiger partial charge is 0.320 e. The maximum absolute atomic E-state index is 12.3. The van der Waals surface area contributed by atoms with Gasteiger partial charge in [-0.25, -0.2) is 0 Å². The highest BCUT2D eigenvalue weighted by molar-refractivity contribution is 9.10. The molecule has 0 aliphatic rings. The van der Waals surface area contributed by atoms with Crippen molar-refractivity contribution in [1.29, 1.82) is 0 Å². The van der Waals surface area contributed by atoms with E-state index in [0.29, 0.717) is 5.56 Å². The van der Waals surface area contributed by atoms with Gasteiger partial charge in [0.2, 0.25) is 0 Å². The first-order valence-electron chi connectivity index (χ1n) is 6.31. The Morgan fingerprint density at radius 1 is 0.870 bits per heavy atom. The Bertz CT molecular complexity index is 730. The largest absolute Gasteiger partial charge is 0.471 e. The summed E-state index contributed by atoms with van der Waals surface area (Å²) < 4.78 is 37.8. The normalized spacial score (nSPS) is 11.0. The quantitative estimate of drug-likeness (QED) is 0.830. The molecule has 0 bridgehead atoms. The van der Waals surface area contributed by atoms with Crippen LogP contribution in [0.3, 0.4) is 0 Å². The summed E-state index contributed by atoms with van der Waals surface area (Å²) in [5, 5.41) is 4.20. The van der Waals surface area contributed by atoms with Crippen molar-refractivity contribution in [2.45, 2.75) is 6.18 Å². The summed E-state index contributed by atoms with van der Waals surface area (Å²) >= 11 is 3.23. The van der Waals surface area contributed by atoms with Crippen LogP contribution in [0, 0.1) is 0 Å². The number of benzene rings is 2. The van der Waals surface area contributed by atoms with Gasteiger partial charge in [0.1, 0.15) is 0 Å². The number of rotatable bonds is 3. The molecule has 0 saturated carbocycles. The molecule has 2 aromatic rings. The third-order valence-corrected chi connectivity index (χ3v) is 3.32. The second-order valence-corrected chi connectivity index (χ2v) is 5.37. The summed E-state index contributed by atoms with van der Waals surface area (Å²) in [6, 6.07) is 12.1. The van der Waals surface area contributed by atoms with Gasteiger partial charge in [-0.1, -0.05) is 28.1 Å². The van der Waals surface area contributed by atoms with Gasteiger partial charge in [0.15, 0.2) is 0 Å². The average molecular weight is 387 g/mol. The molecule has 4 nitrogen and oxygen atoms in total. The number of alkyl halides is 3. The van der Waals surface area contributed by atoms with Gasteiger partial charge >= 0.3 is 12.1 Å². The number of anilines is 2. The van der Waals surface area contributed by atoms with Gasteiger partial charge < -0.3 is 10.6 Å². The monoisotopic (exact) mass is 386 g/mol. The molecule has 2 N–H and O–H groups in total. The molecule has 0 spiro atoms. The Kier molecular flexibility index (Phi) is 5.05. The minimum absolute atomic E-state index is 0.0676. The molecule has 0 fully saturated rings. The number of hydrogen-bond donors (Lipinski definition) is 2. The number of hydrogen-bond acceptors (Lipinski definition) is 2. The van der Waals surface area contributed by atoms with Crippen molar-refractivity contribution in [3.8, 4) is 0 Å². The van der Waals surface area contributed by atoms with Crippen molar-refractivity contribution in [3.63, 3.8) is 0 Å². The fraction of sp³-hybridized carbons (Fsp3) is 0.0667. The maximum atomic E-state index is 12.3. The first kappa shape index (κ1) is 17.0. The highest BCUT2D eigenvalue weighted by Crippen LogP contribution is 2.25. The van der Waals surface area contributed by atoms with Gasteiger partial charge in [0.05, 0.1) is 11.4 Å². The molecule has 0 aliphatic heterocycles. The summed E-state index contributed by atoms with van der Waals surface area (Å²) in [5.41, 5.74) is 0.253. The zero-order chi connectivity index (χ0) is 17.0. The second kappa shape index (κ2) is 6.82. The molecule has 0 aliphatic carbocycles. The molecular weight excluding hydrogens is 377 g/mol. The highest BCUT2D eigenvalue weighted by Gasteiger charge is 2.39. The lowest BCUT2D eigenvalue weighted by atomic mass is 10.2. The van der Waals surface area contributed by atoms with Crippen molar-refractivity contribution >= 4 is 39.1 Å². The first-order valence-corrected chi connectivity index (χ1v) is 7.11. The minimum atomic E-state index is -5.01. The average Bonchev–Trinajstić information content (AvgIpc) is 2.48. The van der Waals surface area contributed by atoms with Gasteiger partial charge in [0, 0.05) is 10.0 Å². The molecule has 2 rings (SSSR count). The summed E-state index contributed by atoms with van der Waals surface area (Å²) in [4.78, 5) is 23.1. The number of amides is 2. The van der Waals surface area contributed by atoms with Crippen molar-refractivity contribution in [2.24, 2.45) is 0 Å². The Hall–Kier alpha value is -2.35. The number of halogens is 4. The van der Waals surface area contributed by atoms with Crippen LogP contribution in [0.2, 0.25) is 0 Å². The Balaban J connectivity index is 2.19. The highest BCUT2D eigenvalue weighted by atomic mass is 79.9. The molecule has 0 radical (unpaired) electrons. The fourth-order valence-corrected chi connectivity index (χ4v) is 1.95. The molecule has 2 aromatic carbocycles. The van der Waals surface area contributed by atoms with E-state index in [1.807, 2.05) is 0 Å². The lowest BCUT2D eigenvalue weighted by Crippen LogP contribution is -2.30. The number of nitrogens with one attached hydrogen (secondary N) is 2. The van der Waals surface area contributed by atoms with Crippen LogP contribution in [-0.2, 0) is 4.79 Å². The van der Waals surface area contributed by atoms with Gasteiger partial charge in [0.25, 0.3) is 5.91 Å². The van der Waals surface area contributed by atoms with Crippen molar-refractivity contribution in [1.82, 2.24) is 0 Å².